The van der Waals surface area contributed by atoms with Crippen molar-refractivity contribution in [3.8, 4) is 0 Å². The number of fused-ring (bicyclic) bond motifs is 1. The average molecular weight is 602 g/mol. The molecule has 13 heteroatoms. The summed E-state index contributed by atoms with van der Waals surface area (Å²) >= 11 is 0. The summed E-state index contributed by atoms with van der Waals surface area (Å²) in [4.78, 5) is 53.0. The van der Waals surface area contributed by atoms with E-state index in [9.17, 15) is 27.6 Å². The van der Waals surface area contributed by atoms with Crippen LogP contribution in [0, 0.1) is 6.92 Å². The van der Waals surface area contributed by atoms with Gasteiger partial charge in [-0.25, -0.2) is 15.0 Å². The first kappa shape index (κ1) is 28.8. The van der Waals surface area contributed by atoms with Crippen molar-refractivity contribution in [2.24, 2.45) is 0 Å². The molecular formula is C31H26F3N7O3. The monoisotopic (exact) mass is 601 g/mol. The smallest absolute Gasteiger partial charge is 0.348 e. The van der Waals surface area contributed by atoms with Gasteiger partial charge in [-0.05, 0) is 67.8 Å². The van der Waals surface area contributed by atoms with Gasteiger partial charge in [0, 0.05) is 42.1 Å². The van der Waals surface area contributed by atoms with E-state index in [0.29, 0.717) is 47.0 Å². The van der Waals surface area contributed by atoms with Crippen LogP contribution in [-0.2, 0) is 12.6 Å². The van der Waals surface area contributed by atoms with Crippen LogP contribution in [0.15, 0.2) is 67.0 Å². The Morgan fingerprint density at radius 3 is 2.48 bits per heavy atom. The number of carbonyl (C=O) groups excluding carboxylic acids is 3. The lowest BCUT2D eigenvalue weighted by Gasteiger charge is -2.29. The predicted molar refractivity (Wildman–Crippen MR) is 156 cm³/mol. The maximum absolute atomic E-state index is 13.5. The predicted octanol–water partition coefficient (Wildman–Crippen LogP) is 5.29. The highest BCUT2D eigenvalue weighted by atomic mass is 19.4. The zero-order valence-electron chi connectivity index (χ0n) is 23.4. The van der Waals surface area contributed by atoms with Gasteiger partial charge in [0.1, 0.15) is 5.69 Å². The molecule has 2 aliphatic rings. The van der Waals surface area contributed by atoms with E-state index < -0.39 is 17.6 Å². The van der Waals surface area contributed by atoms with E-state index in [1.54, 1.807) is 35.2 Å². The van der Waals surface area contributed by atoms with Gasteiger partial charge in [0.25, 0.3) is 17.7 Å². The quantitative estimate of drug-likeness (QED) is 0.263. The van der Waals surface area contributed by atoms with Crippen LogP contribution < -0.4 is 20.9 Å². The van der Waals surface area contributed by atoms with E-state index in [2.05, 4.69) is 30.9 Å². The molecule has 0 saturated heterocycles. The third kappa shape index (κ3) is 6.21. The minimum Gasteiger partial charge on any atom is -0.348 e. The number of pyridine rings is 1. The van der Waals surface area contributed by atoms with Gasteiger partial charge in [-0.15, -0.1) is 0 Å². The molecule has 2 aromatic heterocycles. The molecule has 1 saturated carbocycles. The number of carbonyl (C=O) groups is 3. The summed E-state index contributed by atoms with van der Waals surface area (Å²) in [6.45, 7) is 2.12. The van der Waals surface area contributed by atoms with Crippen LogP contribution >= 0.6 is 0 Å². The summed E-state index contributed by atoms with van der Waals surface area (Å²) < 4.78 is 39.3. The highest BCUT2D eigenvalue weighted by Crippen LogP contribution is 2.31. The van der Waals surface area contributed by atoms with E-state index in [1.807, 2.05) is 6.92 Å². The molecule has 1 aliphatic heterocycles. The van der Waals surface area contributed by atoms with Crippen molar-refractivity contribution in [2.45, 2.75) is 38.4 Å². The molecular weight excluding hydrogens is 575 g/mol. The van der Waals surface area contributed by atoms with Crippen molar-refractivity contribution >= 4 is 40.7 Å². The van der Waals surface area contributed by atoms with E-state index in [1.165, 1.54) is 24.5 Å². The minimum absolute atomic E-state index is 0.141. The number of hydrogen-bond donors (Lipinski definition) is 3. The Labute approximate surface area is 249 Å². The SMILES string of the molecule is Cc1ccc(NC(=O)c2cccc(C(F)(F)F)c2)cc1N1CCc2nc(Nc3ccc(C(=O)NC4CC4)nc3)ncc2C1=O. The summed E-state index contributed by atoms with van der Waals surface area (Å²) in [6, 6.07) is 12.7. The van der Waals surface area contributed by atoms with Gasteiger partial charge in [0.2, 0.25) is 5.95 Å². The molecule has 2 aromatic carbocycles. The van der Waals surface area contributed by atoms with Crippen LogP contribution in [0.2, 0.25) is 0 Å². The van der Waals surface area contributed by atoms with E-state index in [4.69, 9.17) is 0 Å². The first-order valence-electron chi connectivity index (χ1n) is 13.9. The number of nitrogens with zero attached hydrogens (tertiary/aromatic N) is 4. The summed E-state index contributed by atoms with van der Waals surface area (Å²) in [5.41, 5.74) is 2.35. The molecule has 0 atom stereocenters. The highest BCUT2D eigenvalue weighted by Gasteiger charge is 2.31. The van der Waals surface area contributed by atoms with Crippen molar-refractivity contribution < 1.29 is 27.6 Å². The lowest BCUT2D eigenvalue weighted by Crippen LogP contribution is -2.38. The van der Waals surface area contributed by atoms with E-state index >= 15 is 0 Å². The molecule has 10 nitrogen and oxygen atoms in total. The van der Waals surface area contributed by atoms with Crippen molar-refractivity contribution in [2.75, 3.05) is 22.1 Å². The molecule has 0 bridgehead atoms. The number of benzene rings is 2. The normalized spacial score (nSPS) is 14.5. The summed E-state index contributed by atoms with van der Waals surface area (Å²) in [7, 11) is 0. The summed E-state index contributed by atoms with van der Waals surface area (Å²) in [6.07, 6.45) is 0.778. The number of alkyl halides is 3. The molecule has 3 N–H and O–H groups in total. The van der Waals surface area contributed by atoms with E-state index in [0.717, 1.165) is 30.5 Å². The van der Waals surface area contributed by atoms with Gasteiger partial charge < -0.3 is 20.9 Å². The zero-order chi connectivity index (χ0) is 31.0. The molecule has 1 aliphatic carbocycles. The van der Waals surface area contributed by atoms with Gasteiger partial charge in [-0.2, -0.15) is 13.2 Å². The number of halogens is 3. The van der Waals surface area contributed by atoms with Gasteiger partial charge in [-0.1, -0.05) is 12.1 Å². The van der Waals surface area contributed by atoms with Gasteiger partial charge >= 0.3 is 6.18 Å². The fraction of sp³-hybridized carbons (Fsp3) is 0.226. The number of rotatable bonds is 7. The highest BCUT2D eigenvalue weighted by molar-refractivity contribution is 6.09. The largest absolute Gasteiger partial charge is 0.416 e. The third-order valence-electron chi connectivity index (χ3n) is 7.29. The van der Waals surface area contributed by atoms with Gasteiger partial charge in [-0.3, -0.25) is 14.4 Å². The average Bonchev–Trinajstić information content (AvgIpc) is 3.82. The zero-order valence-corrected chi connectivity index (χ0v) is 23.4. The van der Waals surface area contributed by atoms with Gasteiger partial charge in [0.05, 0.1) is 28.7 Å². The Balaban J connectivity index is 1.15. The maximum Gasteiger partial charge on any atom is 0.416 e. The second kappa shape index (κ2) is 11.4. The molecule has 1 fully saturated rings. The van der Waals surface area contributed by atoms with Crippen LogP contribution in [-0.4, -0.2) is 45.3 Å². The Hall–Kier alpha value is -5.33. The van der Waals surface area contributed by atoms with Crippen LogP contribution in [0.25, 0.3) is 0 Å². The number of hydrogen-bond acceptors (Lipinski definition) is 7. The standard InChI is InChI=1S/C31H26F3N7O3/c1-17-5-6-21(38-27(42)18-3-2-4-19(13-18)31(32,33)34)14-26(17)41-12-11-24-23(29(41)44)16-36-30(40-24)39-22-9-10-25(35-15-22)28(43)37-20-7-8-20/h2-6,9-10,13-16,20H,7-8,11-12H2,1H3,(H,37,43)(H,38,42)(H,36,39,40). The van der Waals surface area contributed by atoms with E-state index in [-0.39, 0.29) is 29.4 Å². The first-order chi connectivity index (χ1) is 21.0. The molecule has 3 amide bonds. The molecule has 0 spiro atoms. The van der Waals surface area contributed by atoms with Crippen LogP contribution in [0.3, 0.4) is 0 Å². The molecule has 44 heavy (non-hydrogen) atoms. The molecule has 6 rings (SSSR count). The number of aromatic nitrogens is 3. The molecule has 4 aromatic rings. The van der Waals surface area contributed by atoms with Crippen molar-refractivity contribution in [1.29, 1.82) is 0 Å². The number of nitrogens with one attached hydrogen (secondary N) is 3. The lowest BCUT2D eigenvalue weighted by molar-refractivity contribution is -0.137. The minimum atomic E-state index is -4.57. The lowest BCUT2D eigenvalue weighted by atomic mass is 10.0. The van der Waals surface area contributed by atoms with Crippen molar-refractivity contribution in [3.05, 3.63) is 101 Å². The Morgan fingerprint density at radius 2 is 1.75 bits per heavy atom. The summed E-state index contributed by atoms with van der Waals surface area (Å²) in [5, 5.41) is 8.56. The molecule has 3 heterocycles. The molecule has 0 radical (unpaired) electrons. The maximum atomic E-state index is 13.5. The third-order valence-corrected chi connectivity index (χ3v) is 7.29. The first-order valence-corrected chi connectivity index (χ1v) is 13.9. The van der Waals surface area contributed by atoms with Gasteiger partial charge in [0.15, 0.2) is 0 Å². The molecule has 0 unspecified atom stereocenters. The van der Waals surface area contributed by atoms with Crippen LogP contribution in [0.4, 0.5) is 36.2 Å². The number of aryl methyl sites for hydroxylation is 1. The topological polar surface area (TPSA) is 129 Å². The van der Waals surface area contributed by atoms with Crippen LogP contribution in [0.1, 0.15) is 60.9 Å². The Kier molecular flexibility index (Phi) is 7.45. The second-order valence-corrected chi connectivity index (χ2v) is 10.6. The Morgan fingerprint density at radius 1 is 0.955 bits per heavy atom. The Bertz CT molecular complexity index is 1770. The van der Waals surface area contributed by atoms with Crippen molar-refractivity contribution in [3.63, 3.8) is 0 Å². The summed E-state index contributed by atoms with van der Waals surface area (Å²) in [5.74, 6) is -0.973. The van der Waals surface area contributed by atoms with Crippen LogP contribution in [0.5, 0.6) is 0 Å². The number of amides is 3. The molecule has 224 valence electrons. The second-order valence-electron chi connectivity index (χ2n) is 10.6. The fourth-order valence-corrected chi connectivity index (χ4v) is 4.78. The fourth-order valence-electron chi connectivity index (χ4n) is 4.78. The van der Waals surface area contributed by atoms with Crippen molar-refractivity contribution in [1.82, 2.24) is 20.3 Å². The number of anilines is 4.